The Kier molecular flexibility index (Phi) is 4.76. The first-order chi connectivity index (χ1) is 9.53. The highest BCUT2D eigenvalue weighted by atomic mass is 79.9. The molecule has 7 nitrogen and oxygen atoms in total. The van der Waals surface area contributed by atoms with Crippen LogP contribution in [-0.2, 0) is 16.4 Å². The number of nitrogens with one attached hydrogen (secondary N) is 2. The first-order valence-electron chi connectivity index (χ1n) is 5.67. The summed E-state index contributed by atoms with van der Waals surface area (Å²) in [5.41, 5.74) is 2.26. The Labute approximate surface area is 124 Å². The van der Waals surface area contributed by atoms with Gasteiger partial charge < -0.3 is 9.84 Å². The van der Waals surface area contributed by atoms with Crippen molar-refractivity contribution in [2.45, 2.75) is 11.3 Å². The number of nitrogen functional groups attached to an aromatic ring is 1. The van der Waals surface area contributed by atoms with Gasteiger partial charge >= 0.3 is 0 Å². The number of rotatable bonds is 6. The third-order valence-electron chi connectivity index (χ3n) is 2.49. The van der Waals surface area contributed by atoms with Crippen LogP contribution in [0.2, 0.25) is 0 Å². The second-order valence-electron chi connectivity index (χ2n) is 3.87. The fourth-order valence-electron chi connectivity index (χ4n) is 1.58. The zero-order valence-corrected chi connectivity index (χ0v) is 12.7. The van der Waals surface area contributed by atoms with Gasteiger partial charge in [0.05, 0.1) is 6.26 Å². The summed E-state index contributed by atoms with van der Waals surface area (Å²) in [6.07, 6.45) is 3.45. The summed E-state index contributed by atoms with van der Waals surface area (Å²) in [6.45, 7) is 0.215. The van der Waals surface area contributed by atoms with Crippen molar-refractivity contribution in [3.63, 3.8) is 0 Å². The molecule has 2 aromatic rings. The van der Waals surface area contributed by atoms with Crippen LogP contribution in [0.1, 0.15) is 5.76 Å². The zero-order valence-electron chi connectivity index (χ0n) is 10.3. The molecule has 0 aromatic carbocycles. The molecule has 2 aromatic heterocycles. The number of hydrogen-bond donors (Lipinski definition) is 3. The normalized spacial score (nSPS) is 11.5. The number of nitrogens with zero attached hydrogens (tertiary/aromatic N) is 1. The molecule has 4 N–H and O–H groups in total. The lowest BCUT2D eigenvalue weighted by molar-refractivity contribution is 0.506. The predicted molar refractivity (Wildman–Crippen MR) is 77.3 cm³/mol. The zero-order chi connectivity index (χ0) is 14.6. The number of sulfonamides is 1. The summed E-state index contributed by atoms with van der Waals surface area (Å²) in [5, 5.41) is 0. The largest absolute Gasteiger partial charge is 0.469 e. The minimum atomic E-state index is -3.71. The molecular weight excluding hydrogens is 348 g/mol. The number of furan rings is 1. The number of hydrogen-bond acceptors (Lipinski definition) is 6. The van der Waals surface area contributed by atoms with Crippen LogP contribution in [0, 0.1) is 0 Å². The SMILES string of the molecule is NNc1ncc(Br)cc1S(=O)(=O)NCCc1ccco1. The van der Waals surface area contributed by atoms with Gasteiger partial charge in [0.2, 0.25) is 10.0 Å². The van der Waals surface area contributed by atoms with Gasteiger partial charge in [-0.05, 0) is 34.1 Å². The third kappa shape index (κ3) is 3.57. The van der Waals surface area contributed by atoms with Gasteiger partial charge in [-0.3, -0.25) is 0 Å². The summed E-state index contributed by atoms with van der Waals surface area (Å²) in [6, 6.07) is 4.96. The number of aromatic nitrogens is 1. The lowest BCUT2D eigenvalue weighted by Crippen LogP contribution is -2.27. The summed E-state index contributed by atoms with van der Waals surface area (Å²) >= 11 is 3.18. The quantitative estimate of drug-likeness (QED) is 0.528. The van der Waals surface area contributed by atoms with Gasteiger partial charge in [0.1, 0.15) is 10.7 Å². The second-order valence-corrected chi connectivity index (χ2v) is 6.52. The topological polar surface area (TPSA) is 110 Å². The monoisotopic (exact) mass is 360 g/mol. The van der Waals surface area contributed by atoms with Crippen molar-refractivity contribution in [3.05, 3.63) is 40.9 Å². The Bertz CT molecular complexity index is 673. The number of nitrogens with two attached hydrogens (primary N) is 1. The van der Waals surface area contributed by atoms with Crippen molar-refractivity contribution >= 4 is 31.8 Å². The molecule has 0 atom stereocenters. The third-order valence-corrected chi connectivity index (χ3v) is 4.40. The van der Waals surface area contributed by atoms with E-state index < -0.39 is 10.0 Å². The Morgan fingerprint density at radius 3 is 2.90 bits per heavy atom. The lowest BCUT2D eigenvalue weighted by Gasteiger charge is -2.10. The van der Waals surface area contributed by atoms with E-state index in [1.54, 1.807) is 18.4 Å². The maximum atomic E-state index is 12.2. The number of hydrazine groups is 1. The Hall–Kier alpha value is -1.42. The van der Waals surface area contributed by atoms with Gasteiger partial charge in [0.15, 0.2) is 5.82 Å². The molecule has 0 saturated heterocycles. The molecule has 9 heteroatoms. The van der Waals surface area contributed by atoms with Gasteiger partial charge in [0.25, 0.3) is 0 Å². The van der Waals surface area contributed by atoms with Crippen molar-refractivity contribution in [1.82, 2.24) is 9.71 Å². The van der Waals surface area contributed by atoms with E-state index in [0.717, 1.165) is 0 Å². The van der Waals surface area contributed by atoms with Crippen LogP contribution in [-0.4, -0.2) is 19.9 Å². The Morgan fingerprint density at radius 2 is 2.25 bits per heavy atom. The fourth-order valence-corrected chi connectivity index (χ4v) is 3.23. The van der Waals surface area contributed by atoms with E-state index in [1.807, 2.05) is 0 Å². The molecule has 0 aliphatic carbocycles. The smallest absolute Gasteiger partial charge is 0.244 e. The van der Waals surface area contributed by atoms with E-state index in [1.165, 1.54) is 12.3 Å². The van der Waals surface area contributed by atoms with Crippen LogP contribution in [0.4, 0.5) is 5.82 Å². The Morgan fingerprint density at radius 1 is 1.45 bits per heavy atom. The summed E-state index contributed by atoms with van der Waals surface area (Å²) in [7, 11) is -3.71. The highest BCUT2D eigenvalue weighted by molar-refractivity contribution is 9.10. The highest BCUT2D eigenvalue weighted by Crippen LogP contribution is 2.21. The van der Waals surface area contributed by atoms with E-state index in [0.29, 0.717) is 16.7 Å². The van der Waals surface area contributed by atoms with Gasteiger partial charge in [-0.15, -0.1) is 0 Å². The van der Waals surface area contributed by atoms with Crippen molar-refractivity contribution < 1.29 is 12.8 Å². The second kappa shape index (κ2) is 6.35. The molecule has 0 bridgehead atoms. The molecule has 108 valence electrons. The molecule has 0 aliphatic heterocycles. The lowest BCUT2D eigenvalue weighted by atomic mass is 10.3. The molecule has 0 amide bonds. The van der Waals surface area contributed by atoms with E-state index in [2.05, 4.69) is 31.1 Å². The van der Waals surface area contributed by atoms with E-state index in [4.69, 9.17) is 10.3 Å². The molecule has 0 fully saturated rings. The number of halogens is 1. The summed E-state index contributed by atoms with van der Waals surface area (Å²) in [5.74, 6) is 6.06. The first-order valence-corrected chi connectivity index (χ1v) is 7.95. The predicted octanol–water partition coefficient (Wildman–Crippen LogP) is 1.24. The van der Waals surface area contributed by atoms with Gasteiger partial charge in [-0.25, -0.2) is 24.0 Å². The molecule has 2 rings (SSSR count). The number of anilines is 1. The van der Waals surface area contributed by atoms with Crippen LogP contribution < -0.4 is 16.0 Å². The Balaban J connectivity index is 2.11. The molecule has 0 unspecified atom stereocenters. The van der Waals surface area contributed by atoms with Crippen molar-refractivity contribution in [3.8, 4) is 0 Å². The molecule has 0 radical (unpaired) electrons. The standard InChI is InChI=1S/C11H13BrN4O3S/c12-8-6-10(11(16-13)14-7-8)20(17,18)15-4-3-9-2-1-5-19-9/h1-2,5-7,15H,3-4,13H2,(H,14,16). The maximum Gasteiger partial charge on any atom is 0.244 e. The summed E-state index contributed by atoms with van der Waals surface area (Å²) in [4.78, 5) is 3.88. The average Bonchev–Trinajstić information content (AvgIpc) is 2.91. The minimum Gasteiger partial charge on any atom is -0.469 e. The molecule has 20 heavy (non-hydrogen) atoms. The van der Waals surface area contributed by atoms with Crippen LogP contribution in [0.5, 0.6) is 0 Å². The molecule has 0 aliphatic rings. The van der Waals surface area contributed by atoms with Gasteiger partial charge in [0, 0.05) is 23.6 Å². The molecule has 0 spiro atoms. The minimum absolute atomic E-state index is 0.0196. The van der Waals surface area contributed by atoms with Crippen LogP contribution in [0.15, 0.2) is 44.4 Å². The molecule has 2 heterocycles. The van der Waals surface area contributed by atoms with Crippen LogP contribution in [0.25, 0.3) is 0 Å². The van der Waals surface area contributed by atoms with Crippen molar-refractivity contribution in [2.24, 2.45) is 5.84 Å². The van der Waals surface area contributed by atoms with E-state index >= 15 is 0 Å². The molecular formula is C11H13BrN4O3S. The first kappa shape index (κ1) is 15.0. The van der Waals surface area contributed by atoms with E-state index in [-0.39, 0.29) is 17.3 Å². The van der Waals surface area contributed by atoms with Gasteiger partial charge in [-0.1, -0.05) is 0 Å². The number of pyridine rings is 1. The van der Waals surface area contributed by atoms with Crippen LogP contribution in [0.3, 0.4) is 0 Å². The highest BCUT2D eigenvalue weighted by Gasteiger charge is 2.19. The maximum absolute atomic E-state index is 12.2. The summed E-state index contributed by atoms with van der Waals surface area (Å²) < 4.78 is 32.5. The average molecular weight is 361 g/mol. The fraction of sp³-hybridized carbons (Fsp3) is 0.182. The van der Waals surface area contributed by atoms with Crippen LogP contribution >= 0.6 is 15.9 Å². The van der Waals surface area contributed by atoms with E-state index in [9.17, 15) is 8.42 Å². The van der Waals surface area contributed by atoms with Crippen molar-refractivity contribution in [2.75, 3.05) is 12.0 Å². The van der Waals surface area contributed by atoms with Gasteiger partial charge in [-0.2, -0.15) is 0 Å². The molecule has 0 saturated carbocycles. The van der Waals surface area contributed by atoms with Crippen molar-refractivity contribution in [1.29, 1.82) is 0 Å².